The van der Waals surface area contributed by atoms with Crippen LogP contribution in [0.3, 0.4) is 0 Å². The summed E-state index contributed by atoms with van der Waals surface area (Å²) < 4.78 is 11.6. The molecule has 0 saturated heterocycles. The maximum absolute atomic E-state index is 12.8. The van der Waals surface area contributed by atoms with Crippen molar-refractivity contribution in [2.24, 2.45) is 11.1 Å². The van der Waals surface area contributed by atoms with E-state index >= 15 is 0 Å². The summed E-state index contributed by atoms with van der Waals surface area (Å²) in [4.78, 5) is 12.8. The number of carbonyl (C=O) groups excluding carboxylic acids is 1. The van der Waals surface area contributed by atoms with Crippen LogP contribution in [0.15, 0.2) is 24.3 Å². The number of aliphatic hydroxyl groups excluding tert-OH is 1. The fraction of sp³-hybridized carbons (Fsp3) is 0.667. The topological polar surface area (TPSA) is 93.8 Å². The molecule has 1 aromatic carbocycles. The van der Waals surface area contributed by atoms with Crippen LogP contribution in [0.1, 0.15) is 52.9 Å². The van der Waals surface area contributed by atoms with E-state index in [1.807, 2.05) is 32.9 Å². The Kier molecular flexibility index (Phi) is 5.79. The first-order valence-electron chi connectivity index (χ1n) is 9.94. The number of nitrogens with one attached hydrogen (secondary N) is 1. The largest absolute Gasteiger partial charge is 0.488 e. The fourth-order valence-corrected chi connectivity index (χ4v) is 4.07. The summed E-state index contributed by atoms with van der Waals surface area (Å²) in [7, 11) is 0. The van der Waals surface area contributed by atoms with Crippen LogP contribution in [0, 0.1) is 5.41 Å². The highest BCUT2D eigenvalue weighted by Gasteiger charge is 2.62. The number of carbonyl (C=O) groups is 1. The zero-order valence-corrected chi connectivity index (χ0v) is 16.5. The molecule has 1 amide bonds. The van der Waals surface area contributed by atoms with Gasteiger partial charge < -0.3 is 25.6 Å². The van der Waals surface area contributed by atoms with Gasteiger partial charge in [0.05, 0.1) is 12.2 Å². The van der Waals surface area contributed by atoms with Gasteiger partial charge >= 0.3 is 0 Å². The molecule has 6 heteroatoms. The lowest BCUT2D eigenvalue weighted by Crippen LogP contribution is -2.74. The number of hydrogen-bond acceptors (Lipinski definition) is 5. The Bertz CT molecular complexity index is 661. The molecule has 2 saturated carbocycles. The van der Waals surface area contributed by atoms with Gasteiger partial charge in [-0.15, -0.1) is 0 Å². The van der Waals surface area contributed by atoms with Crippen molar-refractivity contribution in [1.82, 2.24) is 0 Å². The molecule has 3 rings (SSSR count). The Hall–Kier alpha value is -1.63. The maximum Gasteiger partial charge on any atom is 0.245 e. The third-order valence-corrected chi connectivity index (χ3v) is 6.30. The van der Waals surface area contributed by atoms with Gasteiger partial charge in [0, 0.05) is 24.1 Å². The lowest BCUT2D eigenvalue weighted by molar-refractivity contribution is -0.166. The fourth-order valence-electron chi connectivity index (χ4n) is 4.07. The first-order chi connectivity index (χ1) is 12.8. The number of aliphatic hydroxyl groups is 1. The van der Waals surface area contributed by atoms with Crippen LogP contribution in [0.2, 0.25) is 0 Å². The first-order valence-corrected chi connectivity index (χ1v) is 9.94. The first kappa shape index (κ1) is 20.1. The molecular weight excluding hydrogens is 344 g/mol. The average Bonchev–Trinajstić information content (AvgIpc) is 2.64. The number of benzene rings is 1. The van der Waals surface area contributed by atoms with Crippen molar-refractivity contribution in [2.45, 2.75) is 76.7 Å². The summed E-state index contributed by atoms with van der Waals surface area (Å²) in [5.41, 5.74) is 5.72. The summed E-state index contributed by atoms with van der Waals surface area (Å²) in [5, 5.41) is 12.9. The van der Waals surface area contributed by atoms with Crippen molar-refractivity contribution < 1.29 is 19.4 Å². The number of rotatable bonds is 6. The molecule has 0 heterocycles. The zero-order chi connectivity index (χ0) is 19.7. The third kappa shape index (κ3) is 3.84. The predicted molar refractivity (Wildman–Crippen MR) is 105 cm³/mol. The molecule has 0 bridgehead atoms. The van der Waals surface area contributed by atoms with E-state index in [1.54, 1.807) is 12.1 Å². The number of hydrogen-bond donors (Lipinski definition) is 3. The second-order valence-corrected chi connectivity index (χ2v) is 8.33. The monoisotopic (exact) mass is 376 g/mol. The smallest absolute Gasteiger partial charge is 0.245 e. The van der Waals surface area contributed by atoms with Crippen LogP contribution < -0.4 is 15.8 Å². The van der Waals surface area contributed by atoms with Gasteiger partial charge in [-0.1, -0.05) is 20.3 Å². The molecule has 0 spiro atoms. The second kappa shape index (κ2) is 7.78. The van der Waals surface area contributed by atoms with E-state index in [1.165, 1.54) is 0 Å². The summed E-state index contributed by atoms with van der Waals surface area (Å²) in [6, 6.07) is 7.24. The molecule has 1 aromatic rings. The number of anilines is 1. The van der Waals surface area contributed by atoms with E-state index in [2.05, 4.69) is 5.32 Å². The van der Waals surface area contributed by atoms with Gasteiger partial charge in [0.15, 0.2) is 0 Å². The Labute approximate surface area is 161 Å². The van der Waals surface area contributed by atoms with Crippen molar-refractivity contribution >= 4 is 11.6 Å². The van der Waals surface area contributed by atoms with Gasteiger partial charge in [0.2, 0.25) is 5.91 Å². The summed E-state index contributed by atoms with van der Waals surface area (Å²) in [6.07, 6.45) is 3.73. The zero-order valence-electron chi connectivity index (χ0n) is 16.5. The third-order valence-electron chi connectivity index (χ3n) is 6.30. The van der Waals surface area contributed by atoms with Crippen molar-refractivity contribution in [3.05, 3.63) is 24.3 Å². The Morgan fingerprint density at radius 2 is 1.93 bits per heavy atom. The average molecular weight is 376 g/mol. The SMILES string of the molecule is CCOC1CC(N)(C(=O)Nc2ccc(OC3CCCCC3O)cc2)C1(C)C. The number of ether oxygens (including phenoxy) is 2. The Morgan fingerprint density at radius 3 is 2.52 bits per heavy atom. The van der Waals surface area contributed by atoms with Gasteiger partial charge in [-0.3, -0.25) is 4.79 Å². The van der Waals surface area contributed by atoms with E-state index in [4.69, 9.17) is 15.2 Å². The Morgan fingerprint density at radius 1 is 1.26 bits per heavy atom. The summed E-state index contributed by atoms with van der Waals surface area (Å²) >= 11 is 0. The van der Waals surface area contributed by atoms with Gasteiger partial charge in [0.25, 0.3) is 0 Å². The van der Waals surface area contributed by atoms with Gasteiger partial charge in [-0.05, 0) is 50.5 Å². The minimum absolute atomic E-state index is 0.00375. The molecule has 0 aliphatic heterocycles. The van der Waals surface area contributed by atoms with Gasteiger partial charge in [-0.25, -0.2) is 0 Å². The minimum Gasteiger partial charge on any atom is -0.488 e. The lowest BCUT2D eigenvalue weighted by atomic mass is 9.54. The molecular formula is C21H32N2O4. The standard InChI is InChI=1S/C21H32N2O4/c1-4-26-18-13-21(22,20(18,2)3)19(25)23-14-9-11-15(12-10-14)27-17-8-6-5-7-16(17)24/h9-12,16-18,24H,4-8,13,22H2,1-3H3,(H,23,25). The van der Waals surface area contributed by atoms with Crippen LogP contribution >= 0.6 is 0 Å². The number of nitrogens with two attached hydrogens (primary N) is 1. The molecule has 4 atom stereocenters. The van der Waals surface area contributed by atoms with Crippen LogP contribution in [0.5, 0.6) is 5.75 Å². The normalized spacial score (nSPS) is 32.4. The molecule has 6 nitrogen and oxygen atoms in total. The molecule has 150 valence electrons. The van der Waals surface area contributed by atoms with E-state index in [-0.39, 0.29) is 18.1 Å². The second-order valence-electron chi connectivity index (χ2n) is 8.33. The van der Waals surface area contributed by atoms with Gasteiger partial charge in [-0.2, -0.15) is 0 Å². The summed E-state index contributed by atoms with van der Waals surface area (Å²) in [5.74, 6) is 0.501. The van der Waals surface area contributed by atoms with Crippen LogP contribution in [-0.4, -0.2) is 41.5 Å². The summed E-state index contributed by atoms with van der Waals surface area (Å²) in [6.45, 7) is 6.51. The van der Waals surface area contributed by atoms with Crippen molar-refractivity contribution in [3.8, 4) is 5.75 Å². The van der Waals surface area contributed by atoms with E-state index in [0.717, 1.165) is 25.7 Å². The molecule has 2 aliphatic carbocycles. The van der Waals surface area contributed by atoms with Crippen molar-refractivity contribution in [3.63, 3.8) is 0 Å². The molecule has 2 fully saturated rings. The van der Waals surface area contributed by atoms with E-state index in [0.29, 0.717) is 24.5 Å². The van der Waals surface area contributed by atoms with Crippen LogP contribution in [-0.2, 0) is 9.53 Å². The van der Waals surface area contributed by atoms with Gasteiger partial charge in [0.1, 0.15) is 17.4 Å². The Balaban J connectivity index is 1.59. The van der Waals surface area contributed by atoms with Crippen LogP contribution in [0.4, 0.5) is 5.69 Å². The molecule has 2 aliphatic rings. The highest BCUT2D eigenvalue weighted by atomic mass is 16.5. The molecule has 0 aromatic heterocycles. The quantitative estimate of drug-likeness (QED) is 0.710. The molecule has 4 N–H and O–H groups in total. The molecule has 0 radical (unpaired) electrons. The predicted octanol–water partition coefficient (Wildman–Crippen LogP) is 2.84. The highest BCUT2D eigenvalue weighted by Crippen LogP contribution is 2.50. The van der Waals surface area contributed by atoms with Crippen molar-refractivity contribution in [1.29, 1.82) is 0 Å². The van der Waals surface area contributed by atoms with E-state index < -0.39 is 17.1 Å². The maximum atomic E-state index is 12.8. The molecule has 4 unspecified atom stereocenters. The highest BCUT2D eigenvalue weighted by molar-refractivity contribution is 5.99. The lowest BCUT2D eigenvalue weighted by Gasteiger charge is -2.57. The van der Waals surface area contributed by atoms with Crippen molar-refractivity contribution in [2.75, 3.05) is 11.9 Å². The molecule has 27 heavy (non-hydrogen) atoms. The number of amides is 1. The van der Waals surface area contributed by atoms with E-state index in [9.17, 15) is 9.90 Å². The van der Waals surface area contributed by atoms with Crippen LogP contribution in [0.25, 0.3) is 0 Å². The minimum atomic E-state index is -0.950.